The molecule has 0 aliphatic heterocycles. The molecule has 2 aromatic heterocycles. The van der Waals surface area contributed by atoms with Gasteiger partial charge >= 0.3 is 5.69 Å². The maximum absolute atomic E-state index is 11.0. The molecule has 5 nitrogen and oxygen atoms in total. The zero-order chi connectivity index (χ0) is 13.1. The summed E-state index contributed by atoms with van der Waals surface area (Å²) in [7, 11) is 0. The van der Waals surface area contributed by atoms with Crippen LogP contribution in [0.15, 0.2) is 24.4 Å². The summed E-state index contributed by atoms with van der Waals surface area (Å²) in [5.74, 6) is 0.325. The maximum atomic E-state index is 11.0. The summed E-state index contributed by atoms with van der Waals surface area (Å²) in [6, 6.07) is 5.67. The van der Waals surface area contributed by atoms with E-state index in [9.17, 15) is 10.1 Å². The molecule has 6 heteroatoms. The lowest BCUT2D eigenvalue weighted by Crippen LogP contribution is -2.04. The van der Waals surface area contributed by atoms with E-state index in [0.717, 1.165) is 4.88 Å². The highest BCUT2D eigenvalue weighted by molar-refractivity contribution is 7.11. The summed E-state index contributed by atoms with van der Waals surface area (Å²) in [4.78, 5) is 17.0. The van der Waals surface area contributed by atoms with Gasteiger partial charge in [-0.15, -0.1) is 11.3 Å². The van der Waals surface area contributed by atoms with Crippen LogP contribution in [0.25, 0.3) is 0 Å². The zero-order valence-electron chi connectivity index (χ0n) is 10.1. The van der Waals surface area contributed by atoms with Gasteiger partial charge in [0, 0.05) is 21.5 Å². The molecule has 0 aliphatic rings. The molecule has 18 heavy (non-hydrogen) atoms. The van der Waals surface area contributed by atoms with Crippen LogP contribution in [-0.2, 0) is 6.54 Å². The van der Waals surface area contributed by atoms with E-state index in [4.69, 9.17) is 0 Å². The minimum Gasteiger partial charge on any atom is -0.359 e. The molecule has 1 N–H and O–H groups in total. The third-order valence-electron chi connectivity index (χ3n) is 2.53. The van der Waals surface area contributed by atoms with E-state index in [1.165, 1.54) is 4.88 Å². The molecule has 0 radical (unpaired) electrons. The van der Waals surface area contributed by atoms with Crippen LogP contribution in [-0.4, -0.2) is 9.91 Å². The van der Waals surface area contributed by atoms with Crippen LogP contribution < -0.4 is 5.32 Å². The standard InChI is InChI=1S/C12H13N3O2S/c1-8-5-6-13-12(11(8)15(16)17)14-7-10-4-3-9(2)18-10/h3-6H,7H2,1-2H3,(H,13,14). The molecule has 2 rings (SSSR count). The Morgan fingerprint density at radius 3 is 2.78 bits per heavy atom. The summed E-state index contributed by atoms with van der Waals surface area (Å²) in [6.07, 6.45) is 1.57. The van der Waals surface area contributed by atoms with E-state index in [1.807, 2.05) is 19.1 Å². The van der Waals surface area contributed by atoms with Crippen molar-refractivity contribution in [1.82, 2.24) is 4.98 Å². The van der Waals surface area contributed by atoms with E-state index >= 15 is 0 Å². The maximum Gasteiger partial charge on any atom is 0.314 e. The monoisotopic (exact) mass is 263 g/mol. The summed E-state index contributed by atoms with van der Waals surface area (Å²) < 4.78 is 0. The third-order valence-corrected chi connectivity index (χ3v) is 3.54. The molecule has 0 saturated carbocycles. The molecule has 94 valence electrons. The number of aromatic nitrogens is 1. The number of aryl methyl sites for hydroxylation is 2. The van der Waals surface area contributed by atoms with Gasteiger partial charge in [-0.3, -0.25) is 10.1 Å². The van der Waals surface area contributed by atoms with Crippen molar-refractivity contribution in [2.45, 2.75) is 20.4 Å². The Bertz CT molecular complexity index is 580. The Labute approximate surface area is 109 Å². The summed E-state index contributed by atoms with van der Waals surface area (Å²) in [5, 5.41) is 14.0. The zero-order valence-corrected chi connectivity index (χ0v) is 11.0. The third kappa shape index (κ3) is 2.65. The van der Waals surface area contributed by atoms with Gasteiger partial charge in [0.05, 0.1) is 11.5 Å². The number of nitrogens with zero attached hydrogens (tertiary/aromatic N) is 2. The van der Waals surface area contributed by atoms with Crippen LogP contribution in [0.1, 0.15) is 15.3 Å². The highest BCUT2D eigenvalue weighted by atomic mass is 32.1. The molecule has 0 fully saturated rings. The first-order valence-corrected chi connectivity index (χ1v) is 6.29. The molecule has 0 bridgehead atoms. The number of nitro groups is 1. The van der Waals surface area contributed by atoms with E-state index in [2.05, 4.69) is 10.3 Å². The molecule has 0 aromatic carbocycles. The molecule has 0 atom stereocenters. The van der Waals surface area contributed by atoms with Gasteiger partial charge in [-0.2, -0.15) is 0 Å². The van der Waals surface area contributed by atoms with Crippen molar-refractivity contribution in [2.75, 3.05) is 5.32 Å². The van der Waals surface area contributed by atoms with Crippen LogP contribution in [0, 0.1) is 24.0 Å². The molecular formula is C12H13N3O2S. The minimum atomic E-state index is -0.398. The van der Waals surface area contributed by atoms with Crippen molar-refractivity contribution in [1.29, 1.82) is 0 Å². The van der Waals surface area contributed by atoms with Gasteiger partial charge in [0.15, 0.2) is 0 Å². The Balaban J connectivity index is 2.19. The molecule has 2 heterocycles. The van der Waals surface area contributed by atoms with E-state index in [-0.39, 0.29) is 5.69 Å². The van der Waals surface area contributed by atoms with Gasteiger partial charge in [-0.25, -0.2) is 4.98 Å². The number of rotatable bonds is 4. The number of hydrogen-bond donors (Lipinski definition) is 1. The van der Waals surface area contributed by atoms with Crippen molar-refractivity contribution in [3.05, 3.63) is 49.8 Å². The first kappa shape index (κ1) is 12.5. The summed E-state index contributed by atoms with van der Waals surface area (Å²) >= 11 is 1.67. The van der Waals surface area contributed by atoms with Gasteiger partial charge in [-0.05, 0) is 32.0 Å². The number of hydrogen-bond acceptors (Lipinski definition) is 5. The first-order chi connectivity index (χ1) is 8.58. The summed E-state index contributed by atoms with van der Waals surface area (Å²) in [6.45, 7) is 4.29. The lowest BCUT2D eigenvalue weighted by Gasteiger charge is -2.06. The fourth-order valence-corrected chi connectivity index (χ4v) is 2.49. The fourth-order valence-electron chi connectivity index (χ4n) is 1.66. The Hall–Kier alpha value is -1.95. The van der Waals surface area contributed by atoms with Crippen molar-refractivity contribution >= 4 is 22.8 Å². The van der Waals surface area contributed by atoms with Gasteiger partial charge < -0.3 is 5.32 Å². The number of anilines is 1. The van der Waals surface area contributed by atoms with Gasteiger partial charge in [-0.1, -0.05) is 0 Å². The van der Waals surface area contributed by atoms with E-state index in [0.29, 0.717) is 17.9 Å². The van der Waals surface area contributed by atoms with Crippen LogP contribution in [0.2, 0.25) is 0 Å². The number of pyridine rings is 1. The average molecular weight is 263 g/mol. The molecule has 0 unspecified atom stereocenters. The minimum absolute atomic E-state index is 0.0470. The van der Waals surface area contributed by atoms with Crippen molar-refractivity contribution in [2.24, 2.45) is 0 Å². The Morgan fingerprint density at radius 1 is 1.39 bits per heavy atom. The van der Waals surface area contributed by atoms with Crippen LogP contribution in [0.4, 0.5) is 11.5 Å². The van der Waals surface area contributed by atoms with Gasteiger partial charge in [0.1, 0.15) is 0 Å². The molecule has 2 aromatic rings. The molecule has 0 aliphatic carbocycles. The van der Waals surface area contributed by atoms with E-state index in [1.54, 1.807) is 30.5 Å². The fraction of sp³-hybridized carbons (Fsp3) is 0.250. The van der Waals surface area contributed by atoms with E-state index < -0.39 is 4.92 Å². The second-order valence-corrected chi connectivity index (χ2v) is 5.32. The van der Waals surface area contributed by atoms with Crippen molar-refractivity contribution in [3.63, 3.8) is 0 Å². The summed E-state index contributed by atoms with van der Waals surface area (Å²) in [5.41, 5.74) is 0.658. The number of nitrogens with one attached hydrogen (secondary N) is 1. The van der Waals surface area contributed by atoms with Gasteiger partial charge in [0.25, 0.3) is 0 Å². The van der Waals surface area contributed by atoms with Crippen LogP contribution >= 0.6 is 11.3 Å². The molecule has 0 amide bonds. The predicted octanol–water partition coefficient (Wildman–Crippen LogP) is 3.28. The van der Waals surface area contributed by atoms with Crippen LogP contribution in [0.5, 0.6) is 0 Å². The topological polar surface area (TPSA) is 68.1 Å². The molecule has 0 saturated heterocycles. The Kier molecular flexibility index (Phi) is 3.57. The molecule has 0 spiro atoms. The lowest BCUT2D eigenvalue weighted by molar-refractivity contribution is -0.384. The van der Waals surface area contributed by atoms with Gasteiger partial charge in [0.2, 0.25) is 5.82 Å². The van der Waals surface area contributed by atoms with Crippen LogP contribution in [0.3, 0.4) is 0 Å². The predicted molar refractivity (Wildman–Crippen MR) is 72.0 cm³/mol. The first-order valence-electron chi connectivity index (χ1n) is 5.47. The SMILES string of the molecule is Cc1ccc(CNc2nccc(C)c2[N+](=O)[O-])s1. The average Bonchev–Trinajstić information content (AvgIpc) is 2.72. The second-order valence-electron chi connectivity index (χ2n) is 3.95. The highest BCUT2D eigenvalue weighted by Gasteiger charge is 2.18. The lowest BCUT2D eigenvalue weighted by atomic mass is 10.2. The van der Waals surface area contributed by atoms with Crippen molar-refractivity contribution < 1.29 is 4.92 Å². The molecular weight excluding hydrogens is 250 g/mol. The largest absolute Gasteiger partial charge is 0.359 e. The highest BCUT2D eigenvalue weighted by Crippen LogP contribution is 2.26. The smallest absolute Gasteiger partial charge is 0.314 e. The number of thiophene rings is 1. The normalized spacial score (nSPS) is 10.3. The second kappa shape index (κ2) is 5.14. The van der Waals surface area contributed by atoms with Crippen molar-refractivity contribution in [3.8, 4) is 0 Å². The Morgan fingerprint density at radius 2 is 2.17 bits per heavy atom. The quantitative estimate of drug-likeness (QED) is 0.679.